The first-order chi connectivity index (χ1) is 11.6. The summed E-state index contributed by atoms with van der Waals surface area (Å²) >= 11 is 5.73. The van der Waals surface area contributed by atoms with Crippen LogP contribution in [0.4, 0.5) is 11.4 Å². The van der Waals surface area contributed by atoms with Crippen LogP contribution in [0, 0.1) is 10.1 Å². The highest BCUT2D eigenvalue weighted by atomic mass is 35.5. The molecule has 0 aromatic heterocycles. The van der Waals surface area contributed by atoms with Crippen LogP contribution in [0.1, 0.15) is 0 Å². The number of carbonyl (C=O) groups is 1. The molecule has 0 fully saturated rings. The second-order valence-corrected chi connectivity index (χ2v) is 5.20. The van der Waals surface area contributed by atoms with Crippen molar-refractivity contribution in [1.29, 1.82) is 0 Å². The standard InChI is InChI=1S/C16H16ClN3O4/c17-14-7-6-12(10-15(14)20(22)23)19-11-16(21)18-8-9-24-13-4-2-1-3-5-13/h1-7,10,19H,8-9,11H2,(H,18,21). The van der Waals surface area contributed by atoms with Gasteiger partial charge in [-0.1, -0.05) is 29.8 Å². The number of amides is 1. The highest BCUT2D eigenvalue weighted by molar-refractivity contribution is 6.32. The zero-order chi connectivity index (χ0) is 17.4. The van der Waals surface area contributed by atoms with E-state index in [9.17, 15) is 14.9 Å². The van der Waals surface area contributed by atoms with Crippen LogP contribution >= 0.6 is 11.6 Å². The Morgan fingerprint density at radius 3 is 2.67 bits per heavy atom. The summed E-state index contributed by atoms with van der Waals surface area (Å²) in [5.74, 6) is 0.489. The fourth-order valence-electron chi connectivity index (χ4n) is 1.88. The van der Waals surface area contributed by atoms with Crippen LogP contribution in [0.5, 0.6) is 5.75 Å². The van der Waals surface area contributed by atoms with E-state index in [1.54, 1.807) is 6.07 Å². The van der Waals surface area contributed by atoms with Crippen molar-refractivity contribution in [2.24, 2.45) is 0 Å². The molecule has 0 aliphatic heterocycles. The van der Waals surface area contributed by atoms with Gasteiger partial charge in [0, 0.05) is 11.8 Å². The van der Waals surface area contributed by atoms with E-state index in [0.29, 0.717) is 18.8 Å². The Morgan fingerprint density at radius 1 is 1.21 bits per heavy atom. The molecule has 0 aliphatic carbocycles. The molecule has 0 aliphatic rings. The summed E-state index contributed by atoms with van der Waals surface area (Å²) in [6.45, 7) is 0.697. The number of nitro groups is 1. The Balaban J connectivity index is 1.71. The molecular weight excluding hydrogens is 334 g/mol. The van der Waals surface area contributed by atoms with Gasteiger partial charge in [0.15, 0.2) is 0 Å². The zero-order valence-electron chi connectivity index (χ0n) is 12.7. The van der Waals surface area contributed by atoms with Gasteiger partial charge in [-0.3, -0.25) is 14.9 Å². The van der Waals surface area contributed by atoms with Gasteiger partial charge in [0.2, 0.25) is 5.91 Å². The predicted molar refractivity (Wildman–Crippen MR) is 91.5 cm³/mol. The van der Waals surface area contributed by atoms with Gasteiger partial charge >= 0.3 is 0 Å². The first-order valence-electron chi connectivity index (χ1n) is 7.18. The molecule has 0 unspecified atom stereocenters. The first-order valence-corrected chi connectivity index (χ1v) is 7.56. The molecule has 2 aromatic carbocycles. The van der Waals surface area contributed by atoms with Crippen LogP contribution in [-0.4, -0.2) is 30.5 Å². The van der Waals surface area contributed by atoms with Crippen LogP contribution in [0.3, 0.4) is 0 Å². The fraction of sp³-hybridized carbons (Fsp3) is 0.188. The van der Waals surface area contributed by atoms with Gasteiger partial charge in [-0.25, -0.2) is 0 Å². The van der Waals surface area contributed by atoms with E-state index in [1.165, 1.54) is 12.1 Å². The third-order valence-corrected chi connectivity index (χ3v) is 3.35. The summed E-state index contributed by atoms with van der Waals surface area (Å²) in [5.41, 5.74) is 0.236. The molecule has 24 heavy (non-hydrogen) atoms. The molecule has 7 nitrogen and oxygen atoms in total. The molecule has 1 amide bonds. The Morgan fingerprint density at radius 2 is 1.96 bits per heavy atom. The zero-order valence-corrected chi connectivity index (χ0v) is 13.5. The van der Waals surface area contributed by atoms with Gasteiger partial charge in [-0.05, 0) is 24.3 Å². The maximum Gasteiger partial charge on any atom is 0.289 e. The van der Waals surface area contributed by atoms with Crippen molar-refractivity contribution >= 4 is 28.9 Å². The van der Waals surface area contributed by atoms with E-state index < -0.39 is 4.92 Å². The highest BCUT2D eigenvalue weighted by Crippen LogP contribution is 2.27. The third kappa shape index (κ3) is 5.44. The van der Waals surface area contributed by atoms with Crippen LogP contribution < -0.4 is 15.4 Å². The Kier molecular flexibility index (Phi) is 6.39. The number of hydrogen-bond acceptors (Lipinski definition) is 5. The van der Waals surface area contributed by atoms with Crippen molar-refractivity contribution in [2.75, 3.05) is 25.0 Å². The number of nitrogens with zero attached hydrogens (tertiary/aromatic N) is 1. The Hall–Kier alpha value is -2.80. The van der Waals surface area contributed by atoms with Crippen LogP contribution in [-0.2, 0) is 4.79 Å². The minimum atomic E-state index is -0.575. The maximum absolute atomic E-state index is 11.7. The van der Waals surface area contributed by atoms with Crippen molar-refractivity contribution in [2.45, 2.75) is 0 Å². The summed E-state index contributed by atoms with van der Waals surface area (Å²) in [4.78, 5) is 22.0. The molecule has 8 heteroatoms. The van der Waals surface area contributed by atoms with Crippen molar-refractivity contribution in [1.82, 2.24) is 5.32 Å². The monoisotopic (exact) mass is 349 g/mol. The van der Waals surface area contributed by atoms with Crippen molar-refractivity contribution in [3.8, 4) is 5.75 Å². The molecular formula is C16H16ClN3O4. The maximum atomic E-state index is 11.7. The van der Waals surface area contributed by atoms with Gasteiger partial charge in [0.05, 0.1) is 18.0 Å². The number of carbonyl (C=O) groups excluding carboxylic acids is 1. The normalized spacial score (nSPS) is 10.0. The van der Waals surface area contributed by atoms with Crippen molar-refractivity contribution in [3.63, 3.8) is 0 Å². The second-order valence-electron chi connectivity index (χ2n) is 4.79. The minimum Gasteiger partial charge on any atom is -0.492 e. The van der Waals surface area contributed by atoms with E-state index >= 15 is 0 Å². The molecule has 2 N–H and O–H groups in total. The van der Waals surface area contributed by atoms with Crippen molar-refractivity contribution < 1.29 is 14.5 Å². The minimum absolute atomic E-state index is 0.00980. The number of benzene rings is 2. The molecule has 0 bridgehead atoms. The summed E-state index contributed by atoms with van der Waals surface area (Å²) in [5, 5.41) is 16.3. The lowest BCUT2D eigenvalue weighted by atomic mass is 10.3. The summed E-state index contributed by atoms with van der Waals surface area (Å²) in [6.07, 6.45) is 0. The third-order valence-electron chi connectivity index (χ3n) is 3.03. The van der Waals surface area contributed by atoms with Crippen LogP contribution in [0.25, 0.3) is 0 Å². The Bertz CT molecular complexity index is 710. The lowest BCUT2D eigenvalue weighted by molar-refractivity contribution is -0.384. The topological polar surface area (TPSA) is 93.5 Å². The molecule has 0 heterocycles. The van der Waals surface area contributed by atoms with E-state index in [1.807, 2.05) is 30.3 Å². The van der Waals surface area contributed by atoms with E-state index in [-0.39, 0.29) is 23.2 Å². The lowest BCUT2D eigenvalue weighted by Gasteiger charge is -2.09. The average molecular weight is 350 g/mol. The number of nitro benzene ring substituents is 1. The van der Waals surface area contributed by atoms with E-state index in [0.717, 1.165) is 5.75 Å². The summed E-state index contributed by atoms with van der Waals surface area (Å²) in [7, 11) is 0. The fourth-order valence-corrected chi connectivity index (χ4v) is 2.07. The largest absolute Gasteiger partial charge is 0.492 e. The SMILES string of the molecule is O=C(CNc1ccc(Cl)c([N+](=O)[O-])c1)NCCOc1ccccc1. The smallest absolute Gasteiger partial charge is 0.289 e. The van der Waals surface area contributed by atoms with Crippen LogP contribution in [0.15, 0.2) is 48.5 Å². The molecule has 2 aromatic rings. The average Bonchev–Trinajstić information content (AvgIpc) is 2.58. The quantitative estimate of drug-likeness (QED) is 0.434. The number of anilines is 1. The number of rotatable bonds is 8. The van der Waals surface area contributed by atoms with Gasteiger partial charge in [-0.2, -0.15) is 0 Å². The predicted octanol–water partition coefficient (Wildman–Crippen LogP) is 2.86. The molecule has 0 spiro atoms. The number of nitrogens with one attached hydrogen (secondary N) is 2. The molecule has 2 rings (SSSR count). The first kappa shape index (κ1) is 17.6. The second kappa shape index (κ2) is 8.73. The number of para-hydroxylation sites is 1. The molecule has 126 valence electrons. The van der Waals surface area contributed by atoms with E-state index in [4.69, 9.17) is 16.3 Å². The van der Waals surface area contributed by atoms with Gasteiger partial charge in [0.1, 0.15) is 17.4 Å². The molecule has 0 atom stereocenters. The van der Waals surface area contributed by atoms with Crippen LogP contribution in [0.2, 0.25) is 5.02 Å². The summed E-state index contributed by atoms with van der Waals surface area (Å²) in [6, 6.07) is 13.5. The van der Waals surface area contributed by atoms with Gasteiger partial charge < -0.3 is 15.4 Å². The van der Waals surface area contributed by atoms with Gasteiger partial charge in [0.25, 0.3) is 5.69 Å². The van der Waals surface area contributed by atoms with Crippen molar-refractivity contribution in [3.05, 3.63) is 63.7 Å². The Labute approximate surface area is 143 Å². The molecule has 0 radical (unpaired) electrons. The van der Waals surface area contributed by atoms with E-state index in [2.05, 4.69) is 10.6 Å². The number of hydrogen-bond donors (Lipinski definition) is 2. The number of ether oxygens (including phenoxy) is 1. The number of halogens is 1. The summed E-state index contributed by atoms with van der Waals surface area (Å²) < 4.78 is 5.45. The molecule has 0 saturated heterocycles. The molecule has 0 saturated carbocycles. The lowest BCUT2D eigenvalue weighted by Crippen LogP contribution is -2.33. The highest BCUT2D eigenvalue weighted by Gasteiger charge is 2.13. The van der Waals surface area contributed by atoms with Gasteiger partial charge in [-0.15, -0.1) is 0 Å².